The molecule has 0 bridgehead atoms. The fourth-order valence-corrected chi connectivity index (χ4v) is 4.23. The number of benzene rings is 2. The van der Waals surface area contributed by atoms with Crippen molar-refractivity contribution in [1.82, 2.24) is 16.0 Å². The number of nitrogens with one attached hydrogen (secondary N) is 3. The molecule has 0 spiro atoms. The number of aromatic hydroxyl groups is 1. The van der Waals surface area contributed by atoms with Crippen molar-refractivity contribution in [2.24, 2.45) is 11.5 Å². The molecular weight excluding hydrogens is 538 g/mol. The number of primary amides is 1. The molecule has 2 aromatic carbocycles. The first-order valence-corrected chi connectivity index (χ1v) is 13.9. The van der Waals surface area contributed by atoms with E-state index in [0.29, 0.717) is 23.3 Å². The molecule has 4 amide bonds. The molecule has 0 aliphatic heterocycles. The lowest BCUT2D eigenvalue weighted by molar-refractivity contribution is -0.142. The number of carbonyl (C=O) groups is 5. The lowest BCUT2D eigenvalue weighted by Gasteiger charge is -2.25. The molecule has 0 aliphatic rings. The van der Waals surface area contributed by atoms with E-state index in [1.165, 1.54) is 23.9 Å². The summed E-state index contributed by atoms with van der Waals surface area (Å²) < 4.78 is 0. The van der Waals surface area contributed by atoms with Gasteiger partial charge >= 0.3 is 5.97 Å². The van der Waals surface area contributed by atoms with Crippen molar-refractivity contribution in [2.75, 3.05) is 12.0 Å². The number of carboxylic acids is 1. The van der Waals surface area contributed by atoms with Crippen LogP contribution in [0, 0.1) is 0 Å². The van der Waals surface area contributed by atoms with Gasteiger partial charge in [-0.2, -0.15) is 11.8 Å². The molecule has 0 aromatic heterocycles. The molecule has 0 radical (unpaired) electrons. The van der Waals surface area contributed by atoms with Crippen molar-refractivity contribution < 1.29 is 34.2 Å². The molecule has 40 heavy (non-hydrogen) atoms. The zero-order chi connectivity index (χ0) is 29.7. The van der Waals surface area contributed by atoms with Crippen LogP contribution in [-0.2, 0) is 36.8 Å². The average molecular weight is 574 g/mol. The summed E-state index contributed by atoms with van der Waals surface area (Å²) in [5.41, 5.74) is 12.5. The van der Waals surface area contributed by atoms with E-state index in [-0.39, 0.29) is 18.6 Å². The van der Waals surface area contributed by atoms with Gasteiger partial charge in [-0.05, 0) is 41.7 Å². The Balaban J connectivity index is 2.22. The van der Waals surface area contributed by atoms with Crippen molar-refractivity contribution in [3.8, 4) is 5.75 Å². The number of amides is 4. The van der Waals surface area contributed by atoms with Gasteiger partial charge in [0.25, 0.3) is 0 Å². The summed E-state index contributed by atoms with van der Waals surface area (Å²) >= 11 is 1.51. The second-order valence-corrected chi connectivity index (χ2v) is 10.1. The zero-order valence-corrected chi connectivity index (χ0v) is 22.9. The number of nitrogens with two attached hydrogens (primary N) is 2. The number of hydrogen-bond acceptors (Lipinski definition) is 8. The van der Waals surface area contributed by atoms with Gasteiger partial charge in [-0.1, -0.05) is 42.5 Å². The van der Waals surface area contributed by atoms with Crippen LogP contribution in [0.2, 0.25) is 0 Å². The third kappa shape index (κ3) is 10.9. The first-order chi connectivity index (χ1) is 19.0. The Labute approximate surface area is 236 Å². The Kier molecular flexibility index (Phi) is 12.9. The van der Waals surface area contributed by atoms with Crippen LogP contribution in [0.15, 0.2) is 54.6 Å². The highest BCUT2D eigenvalue weighted by molar-refractivity contribution is 7.98. The number of phenolic OH excluding ortho intramolecular Hbond substituents is 1. The van der Waals surface area contributed by atoms with Gasteiger partial charge in [0, 0.05) is 12.8 Å². The zero-order valence-electron chi connectivity index (χ0n) is 22.0. The first kappa shape index (κ1) is 32.1. The van der Waals surface area contributed by atoms with Gasteiger partial charge in [0.2, 0.25) is 23.6 Å². The summed E-state index contributed by atoms with van der Waals surface area (Å²) in [6.45, 7) is 0. The van der Waals surface area contributed by atoms with Crippen molar-refractivity contribution in [1.29, 1.82) is 0 Å². The van der Waals surface area contributed by atoms with E-state index < -0.39 is 60.2 Å². The molecule has 0 saturated carbocycles. The van der Waals surface area contributed by atoms with Crippen LogP contribution in [0.5, 0.6) is 5.75 Å². The predicted octanol–water partition coefficient (Wildman–Crippen LogP) is -0.328. The van der Waals surface area contributed by atoms with Crippen LogP contribution in [0.1, 0.15) is 24.0 Å². The maximum absolute atomic E-state index is 13.3. The molecule has 0 aliphatic carbocycles. The summed E-state index contributed by atoms with van der Waals surface area (Å²) in [5, 5.41) is 26.6. The standard InChI is InChI=1S/C27H35N5O7S/c1-40-12-11-19(28)24(35)30-20(13-17-7-9-18(33)10-8-17)25(36)31-21(15-23(29)34)26(37)32-22(27(38)39)14-16-5-3-2-4-6-16/h2-10,19-22,33H,11-15,28H2,1H3,(H2,29,34)(H,30,35)(H,31,36)(H,32,37)(H,38,39). The normalized spacial score (nSPS) is 13.8. The van der Waals surface area contributed by atoms with Crippen LogP contribution in [-0.4, -0.2) is 76.0 Å². The van der Waals surface area contributed by atoms with Gasteiger partial charge in [-0.25, -0.2) is 4.79 Å². The Morgan fingerprint density at radius 1 is 0.800 bits per heavy atom. The molecule has 0 heterocycles. The van der Waals surface area contributed by atoms with E-state index in [1.807, 2.05) is 6.26 Å². The largest absolute Gasteiger partial charge is 0.508 e. The van der Waals surface area contributed by atoms with Gasteiger partial charge in [0.1, 0.15) is 23.9 Å². The predicted molar refractivity (Wildman–Crippen MR) is 150 cm³/mol. The van der Waals surface area contributed by atoms with Crippen LogP contribution >= 0.6 is 11.8 Å². The van der Waals surface area contributed by atoms with Crippen LogP contribution < -0.4 is 27.4 Å². The van der Waals surface area contributed by atoms with Gasteiger partial charge in [0.05, 0.1) is 12.5 Å². The molecule has 0 saturated heterocycles. The number of hydrogen-bond donors (Lipinski definition) is 7. The van der Waals surface area contributed by atoms with E-state index in [2.05, 4.69) is 16.0 Å². The summed E-state index contributed by atoms with van der Waals surface area (Å²) in [5.74, 6) is -3.91. The second-order valence-electron chi connectivity index (χ2n) is 9.14. The maximum atomic E-state index is 13.3. The number of aliphatic carboxylic acids is 1. The minimum Gasteiger partial charge on any atom is -0.508 e. The number of carboxylic acid groups (broad SMARTS) is 1. The van der Waals surface area contributed by atoms with Crippen molar-refractivity contribution >= 4 is 41.4 Å². The fraction of sp³-hybridized carbons (Fsp3) is 0.370. The monoisotopic (exact) mass is 573 g/mol. The van der Waals surface area contributed by atoms with E-state index in [4.69, 9.17) is 11.5 Å². The highest BCUT2D eigenvalue weighted by atomic mass is 32.2. The number of carbonyl (C=O) groups excluding carboxylic acids is 4. The first-order valence-electron chi connectivity index (χ1n) is 12.5. The third-order valence-corrected chi connectivity index (χ3v) is 6.56. The summed E-state index contributed by atoms with van der Waals surface area (Å²) in [6, 6.07) is 9.61. The minimum absolute atomic E-state index is 0.00885. The van der Waals surface area contributed by atoms with Gasteiger partial charge in [-0.3, -0.25) is 19.2 Å². The van der Waals surface area contributed by atoms with Crippen LogP contribution in [0.4, 0.5) is 0 Å². The van der Waals surface area contributed by atoms with Gasteiger partial charge < -0.3 is 37.6 Å². The highest BCUT2D eigenvalue weighted by Crippen LogP contribution is 2.12. The lowest BCUT2D eigenvalue weighted by Crippen LogP contribution is -2.58. The van der Waals surface area contributed by atoms with Crippen molar-refractivity contribution in [2.45, 2.75) is 49.9 Å². The third-order valence-electron chi connectivity index (χ3n) is 5.91. The van der Waals surface area contributed by atoms with E-state index in [9.17, 15) is 34.2 Å². The summed E-state index contributed by atoms with van der Waals surface area (Å²) in [4.78, 5) is 62.7. The number of thioether (sulfide) groups is 1. The average Bonchev–Trinajstić information content (AvgIpc) is 2.91. The smallest absolute Gasteiger partial charge is 0.326 e. The Morgan fingerprint density at radius 2 is 1.32 bits per heavy atom. The second kappa shape index (κ2) is 16.1. The topological polar surface area (TPSA) is 214 Å². The molecule has 216 valence electrons. The Bertz CT molecular complexity index is 1160. The van der Waals surface area contributed by atoms with Crippen molar-refractivity contribution in [3.63, 3.8) is 0 Å². The summed E-state index contributed by atoms with van der Waals surface area (Å²) in [6.07, 6.45) is 1.56. The lowest BCUT2D eigenvalue weighted by atomic mass is 10.0. The molecule has 4 unspecified atom stereocenters. The molecule has 12 nitrogen and oxygen atoms in total. The van der Waals surface area contributed by atoms with E-state index in [0.717, 1.165) is 0 Å². The highest BCUT2D eigenvalue weighted by Gasteiger charge is 2.31. The molecule has 2 aromatic rings. The molecular formula is C27H35N5O7S. The van der Waals surface area contributed by atoms with Gasteiger partial charge in [-0.15, -0.1) is 0 Å². The van der Waals surface area contributed by atoms with E-state index in [1.54, 1.807) is 42.5 Å². The molecule has 9 N–H and O–H groups in total. The Morgan fingerprint density at radius 3 is 1.90 bits per heavy atom. The quantitative estimate of drug-likeness (QED) is 0.140. The molecule has 4 atom stereocenters. The Hall–Kier alpha value is -4.10. The van der Waals surface area contributed by atoms with Crippen LogP contribution in [0.25, 0.3) is 0 Å². The van der Waals surface area contributed by atoms with Gasteiger partial charge in [0.15, 0.2) is 0 Å². The van der Waals surface area contributed by atoms with Crippen LogP contribution in [0.3, 0.4) is 0 Å². The minimum atomic E-state index is -1.51. The van der Waals surface area contributed by atoms with Crippen molar-refractivity contribution in [3.05, 3.63) is 65.7 Å². The number of rotatable bonds is 16. The molecule has 13 heteroatoms. The summed E-state index contributed by atoms with van der Waals surface area (Å²) in [7, 11) is 0. The molecule has 0 fully saturated rings. The fourth-order valence-electron chi connectivity index (χ4n) is 3.74. The SMILES string of the molecule is CSCCC(N)C(=O)NC(Cc1ccc(O)cc1)C(=O)NC(CC(N)=O)C(=O)NC(Cc1ccccc1)C(=O)O. The number of phenols is 1. The van der Waals surface area contributed by atoms with E-state index >= 15 is 0 Å². The molecule has 2 rings (SSSR count). The maximum Gasteiger partial charge on any atom is 0.326 e.